The first-order valence-corrected chi connectivity index (χ1v) is 26.2. The van der Waals surface area contributed by atoms with Crippen LogP contribution in [0.1, 0.15) is 226 Å². The lowest BCUT2D eigenvalue weighted by molar-refractivity contribution is -0.282. The van der Waals surface area contributed by atoms with Crippen LogP contribution in [0, 0.1) is 0 Å². The maximum Gasteiger partial charge on any atom is 0.474 e. The molecule has 4 N–H and O–H groups in total. The van der Waals surface area contributed by atoms with Gasteiger partial charge in [0, 0.05) is 19.8 Å². The predicted molar refractivity (Wildman–Crippen MR) is 240 cm³/mol. The number of carbonyl (C=O) groups is 3. The number of hydrogen-bond donors (Lipinski definition) is 4. The lowest BCUT2D eigenvalue weighted by Gasteiger charge is -2.40. The maximum absolute atomic E-state index is 13.0. The topological polar surface area (TPSA) is 205 Å². The Balaban J connectivity index is 2.50. The van der Waals surface area contributed by atoms with Crippen LogP contribution in [0.5, 0.6) is 0 Å². The van der Waals surface area contributed by atoms with Gasteiger partial charge in [0.1, 0.15) is 37.6 Å². The quantitative estimate of drug-likeness (QED) is 0.0195. The third-order valence-electron chi connectivity index (χ3n) is 11.5. The Kier molecular flexibility index (Phi) is 36.4. The van der Waals surface area contributed by atoms with E-state index in [1.807, 2.05) is 0 Å². The van der Waals surface area contributed by atoms with Gasteiger partial charge in [0.15, 0.2) is 12.4 Å². The molecule has 0 aromatic carbocycles. The highest BCUT2D eigenvalue weighted by atomic mass is 31.2. The molecular formula is C47H89O14P. The van der Waals surface area contributed by atoms with Crippen LogP contribution in [0.3, 0.4) is 0 Å². The molecule has 0 saturated carbocycles. The van der Waals surface area contributed by atoms with E-state index in [9.17, 15) is 39.2 Å². The number of esters is 3. The molecule has 0 aromatic heterocycles. The molecule has 1 aliphatic heterocycles. The summed E-state index contributed by atoms with van der Waals surface area (Å²) in [6.45, 7) is 3.96. The lowest BCUT2D eigenvalue weighted by atomic mass is 9.99. The summed E-state index contributed by atoms with van der Waals surface area (Å²) < 4.78 is 44.1. The fourth-order valence-corrected chi connectivity index (χ4v) is 8.43. The van der Waals surface area contributed by atoms with Crippen LogP contribution in [-0.4, -0.2) is 94.8 Å². The van der Waals surface area contributed by atoms with E-state index in [1.54, 1.807) is 0 Å². The average molecular weight is 909 g/mol. The summed E-state index contributed by atoms with van der Waals surface area (Å²) in [6.07, 6.45) is 26.1. The van der Waals surface area contributed by atoms with Crippen LogP contribution >= 0.6 is 7.82 Å². The highest BCUT2D eigenvalue weighted by molar-refractivity contribution is 7.47. The summed E-state index contributed by atoms with van der Waals surface area (Å²) >= 11 is 0. The van der Waals surface area contributed by atoms with Gasteiger partial charge in [-0.15, -0.1) is 0 Å². The number of unbranched alkanes of at least 4 members (excludes halogenated alkanes) is 28. The zero-order valence-electron chi connectivity index (χ0n) is 39.0. The van der Waals surface area contributed by atoms with E-state index in [4.69, 9.17) is 28.0 Å². The molecule has 1 fully saturated rings. The van der Waals surface area contributed by atoms with Gasteiger partial charge >= 0.3 is 25.7 Å². The summed E-state index contributed by atoms with van der Waals surface area (Å²) in [5.41, 5.74) is 0. The molecular weight excluding hydrogens is 819 g/mol. The Bertz CT molecular complexity index is 1160. The highest BCUT2D eigenvalue weighted by Crippen LogP contribution is 2.46. The summed E-state index contributed by atoms with van der Waals surface area (Å²) in [5.74, 6) is -1.76. The zero-order valence-corrected chi connectivity index (χ0v) is 39.9. The number of carbonyl (C=O) groups excluding carboxylic acids is 3. The van der Waals surface area contributed by atoms with Crippen LogP contribution in [0.15, 0.2) is 0 Å². The van der Waals surface area contributed by atoms with Crippen molar-refractivity contribution in [3.63, 3.8) is 0 Å². The third-order valence-corrected chi connectivity index (χ3v) is 12.4. The van der Waals surface area contributed by atoms with Gasteiger partial charge in [-0.05, 0) is 12.8 Å². The van der Waals surface area contributed by atoms with E-state index < -0.39 is 82.4 Å². The first-order chi connectivity index (χ1) is 29.9. The smallest absolute Gasteiger partial charge is 0.463 e. The molecule has 14 nitrogen and oxygen atoms in total. The van der Waals surface area contributed by atoms with Crippen LogP contribution in [0.2, 0.25) is 0 Å². The van der Waals surface area contributed by atoms with E-state index in [0.717, 1.165) is 45.4 Å². The fraction of sp³-hybridized carbons (Fsp3) is 0.936. The van der Waals surface area contributed by atoms with Crippen molar-refractivity contribution in [2.75, 3.05) is 19.8 Å². The van der Waals surface area contributed by atoms with Gasteiger partial charge in [0.25, 0.3) is 0 Å². The number of phosphoric acid groups is 1. The second kappa shape index (κ2) is 38.6. The molecule has 0 radical (unpaired) electrons. The van der Waals surface area contributed by atoms with Crippen LogP contribution in [-0.2, 0) is 46.9 Å². The molecule has 0 amide bonds. The number of aliphatic hydroxyl groups excluding tert-OH is 3. The second-order valence-electron chi connectivity index (χ2n) is 17.4. The second-order valence-corrected chi connectivity index (χ2v) is 18.8. The van der Waals surface area contributed by atoms with Crippen molar-refractivity contribution in [3.05, 3.63) is 0 Å². The van der Waals surface area contributed by atoms with Crippen LogP contribution < -0.4 is 0 Å². The Morgan fingerprint density at radius 3 is 1.32 bits per heavy atom. The molecule has 2 unspecified atom stereocenters. The molecule has 1 aliphatic rings. The molecule has 1 saturated heterocycles. The van der Waals surface area contributed by atoms with Gasteiger partial charge < -0.3 is 39.2 Å². The molecule has 15 heteroatoms. The van der Waals surface area contributed by atoms with Crippen molar-refractivity contribution in [2.24, 2.45) is 0 Å². The number of aliphatic hydroxyl groups is 3. The van der Waals surface area contributed by atoms with Crippen molar-refractivity contribution < 1.29 is 67.2 Å². The minimum Gasteiger partial charge on any atom is -0.463 e. The van der Waals surface area contributed by atoms with E-state index in [2.05, 4.69) is 13.8 Å². The largest absolute Gasteiger partial charge is 0.474 e. The minimum absolute atomic E-state index is 0.112. The summed E-state index contributed by atoms with van der Waals surface area (Å²) in [7, 11) is -5.07. The molecule has 1 heterocycles. The van der Waals surface area contributed by atoms with Crippen molar-refractivity contribution in [1.82, 2.24) is 0 Å². The van der Waals surface area contributed by atoms with Gasteiger partial charge in [-0.1, -0.05) is 194 Å². The molecule has 0 aromatic rings. The highest BCUT2D eigenvalue weighted by Gasteiger charge is 2.47. The Morgan fingerprint density at radius 2 is 0.919 bits per heavy atom. The van der Waals surface area contributed by atoms with E-state index in [1.165, 1.54) is 141 Å². The standard InChI is InChI=1S/C47H89O14P/c1-4-6-8-10-12-14-16-18-20-22-24-26-28-30-32-34-42(49)57-36-40(59-43(50)35-33-31-29-27-25-23-21-19-17-15-13-11-9-7-5-2)37-58-62(54,55)61-47-46(53)45(52)44(51)41(60-47)38-56-39(3)48/h40-41,44-47,51-53H,4-38H2,1-3H3,(H,54,55)/t40?,41-,44-,45+,46-,47+/m1/s1. The van der Waals surface area contributed by atoms with Crippen LogP contribution in [0.4, 0.5) is 0 Å². The first-order valence-electron chi connectivity index (χ1n) is 24.7. The number of ether oxygens (including phenoxy) is 4. The molecule has 366 valence electrons. The molecule has 0 bridgehead atoms. The van der Waals surface area contributed by atoms with E-state index >= 15 is 0 Å². The maximum atomic E-state index is 13.0. The number of rotatable bonds is 42. The Labute approximate surface area is 374 Å². The molecule has 1 rings (SSSR count). The van der Waals surface area contributed by atoms with Crippen molar-refractivity contribution in [1.29, 1.82) is 0 Å². The van der Waals surface area contributed by atoms with Gasteiger partial charge in [-0.2, -0.15) is 0 Å². The van der Waals surface area contributed by atoms with E-state index in [-0.39, 0.29) is 12.8 Å². The Hall–Kier alpha value is -1.64. The van der Waals surface area contributed by atoms with Gasteiger partial charge in [0.2, 0.25) is 0 Å². The fourth-order valence-electron chi connectivity index (χ4n) is 7.58. The minimum atomic E-state index is -5.07. The first kappa shape index (κ1) is 58.4. The SMILES string of the molecule is CCCCCCCCCCCCCCCCCC(=O)OCC(COP(=O)(O)O[C@@H]1O[C@H](COC(C)=O)[C@@H](O)[C@H](O)[C@H]1O)OC(=O)CCCCCCCCCCCCCCCCC. The number of phosphoric ester groups is 1. The number of hydrogen-bond acceptors (Lipinski definition) is 13. The Morgan fingerprint density at radius 1 is 0.532 bits per heavy atom. The molecule has 0 aliphatic carbocycles. The monoisotopic (exact) mass is 909 g/mol. The zero-order chi connectivity index (χ0) is 45.7. The van der Waals surface area contributed by atoms with Gasteiger partial charge in [0.05, 0.1) is 6.61 Å². The summed E-state index contributed by atoms with van der Waals surface area (Å²) in [6, 6.07) is 0. The van der Waals surface area contributed by atoms with E-state index in [0.29, 0.717) is 12.8 Å². The van der Waals surface area contributed by atoms with Gasteiger partial charge in [-0.25, -0.2) is 4.57 Å². The molecule has 62 heavy (non-hydrogen) atoms. The average Bonchev–Trinajstić information content (AvgIpc) is 3.24. The lowest BCUT2D eigenvalue weighted by Crippen LogP contribution is -2.59. The predicted octanol–water partition coefficient (Wildman–Crippen LogP) is 10.5. The van der Waals surface area contributed by atoms with Crippen molar-refractivity contribution in [2.45, 2.75) is 263 Å². The summed E-state index contributed by atoms with van der Waals surface area (Å²) in [4.78, 5) is 47.2. The normalized spacial score (nSPS) is 20.4. The van der Waals surface area contributed by atoms with Crippen molar-refractivity contribution >= 4 is 25.7 Å². The molecule has 0 spiro atoms. The molecule has 7 atom stereocenters. The van der Waals surface area contributed by atoms with Crippen molar-refractivity contribution in [3.8, 4) is 0 Å². The van der Waals surface area contributed by atoms with Gasteiger partial charge in [-0.3, -0.25) is 23.4 Å². The van der Waals surface area contributed by atoms with Crippen LogP contribution in [0.25, 0.3) is 0 Å². The summed E-state index contributed by atoms with van der Waals surface area (Å²) in [5, 5.41) is 30.8. The third kappa shape index (κ3) is 32.1.